The van der Waals surface area contributed by atoms with Crippen molar-refractivity contribution in [1.82, 2.24) is 20.4 Å². The number of thiophene rings is 1. The molecule has 0 spiro atoms. The van der Waals surface area contributed by atoms with Gasteiger partial charge < -0.3 is 15.5 Å². The third-order valence-corrected chi connectivity index (χ3v) is 6.83. The number of piperazine rings is 1. The molecule has 5 nitrogen and oxygen atoms in total. The van der Waals surface area contributed by atoms with Gasteiger partial charge >= 0.3 is 0 Å². The van der Waals surface area contributed by atoms with Crippen molar-refractivity contribution in [2.75, 3.05) is 46.8 Å². The maximum Gasteiger partial charge on any atom is 0.191 e. The van der Waals surface area contributed by atoms with Crippen molar-refractivity contribution in [3.63, 3.8) is 0 Å². The second-order valence-electron chi connectivity index (χ2n) is 8.54. The van der Waals surface area contributed by atoms with Crippen molar-refractivity contribution in [2.45, 2.75) is 32.4 Å². The maximum absolute atomic E-state index is 4.38. The third-order valence-electron chi connectivity index (χ3n) is 5.59. The number of rotatable bonds is 7. The highest BCUT2D eigenvalue weighted by molar-refractivity contribution is 7.10. The topological polar surface area (TPSA) is 42.9 Å². The zero-order chi connectivity index (χ0) is 20.7. The van der Waals surface area contributed by atoms with Crippen molar-refractivity contribution < 1.29 is 0 Å². The summed E-state index contributed by atoms with van der Waals surface area (Å²) in [5.41, 5.74) is 2.74. The molecule has 0 aliphatic carbocycles. The SMILES string of the molecule is CN=C(NCc1ccc(CN2CCN(C)CC2)cc1)NCC(C)(C)c1cccs1. The van der Waals surface area contributed by atoms with E-state index in [0.29, 0.717) is 0 Å². The molecular formula is C23H35N5S. The molecule has 1 aromatic carbocycles. The van der Waals surface area contributed by atoms with Crippen molar-refractivity contribution >= 4 is 17.3 Å². The van der Waals surface area contributed by atoms with Crippen LogP contribution in [0.1, 0.15) is 29.9 Å². The Balaban J connectivity index is 1.44. The Labute approximate surface area is 179 Å². The number of aliphatic imine (C=N–C) groups is 1. The van der Waals surface area contributed by atoms with Gasteiger partial charge in [0, 0.05) is 63.2 Å². The Bertz CT molecular complexity index is 759. The lowest BCUT2D eigenvalue weighted by Gasteiger charge is -2.32. The number of likely N-dealkylation sites (N-methyl/N-ethyl adjacent to an activating group) is 1. The van der Waals surface area contributed by atoms with Gasteiger partial charge in [-0.3, -0.25) is 9.89 Å². The molecule has 2 N–H and O–H groups in total. The molecule has 6 heteroatoms. The first-order valence-electron chi connectivity index (χ1n) is 10.4. The quantitative estimate of drug-likeness (QED) is 0.541. The Morgan fingerprint density at radius 1 is 1.03 bits per heavy atom. The van der Waals surface area contributed by atoms with Crippen LogP contribution in [0.4, 0.5) is 0 Å². The largest absolute Gasteiger partial charge is 0.356 e. The van der Waals surface area contributed by atoms with E-state index < -0.39 is 0 Å². The second-order valence-corrected chi connectivity index (χ2v) is 9.48. The summed E-state index contributed by atoms with van der Waals surface area (Å²) < 4.78 is 0. The maximum atomic E-state index is 4.38. The van der Waals surface area contributed by atoms with Crippen LogP contribution in [0.5, 0.6) is 0 Å². The molecule has 0 saturated carbocycles. The molecule has 1 fully saturated rings. The summed E-state index contributed by atoms with van der Waals surface area (Å²) in [5, 5.41) is 9.04. The van der Waals surface area contributed by atoms with Crippen molar-refractivity contribution in [3.8, 4) is 0 Å². The molecule has 2 aromatic rings. The normalized spacial score (nSPS) is 16.8. The zero-order valence-electron chi connectivity index (χ0n) is 18.2. The Morgan fingerprint density at radius 3 is 2.34 bits per heavy atom. The monoisotopic (exact) mass is 413 g/mol. The van der Waals surface area contributed by atoms with Gasteiger partial charge in [-0.05, 0) is 29.6 Å². The van der Waals surface area contributed by atoms with Gasteiger partial charge in [0.2, 0.25) is 0 Å². The van der Waals surface area contributed by atoms with E-state index in [1.807, 2.05) is 7.05 Å². The van der Waals surface area contributed by atoms with Crippen molar-refractivity contribution in [1.29, 1.82) is 0 Å². The molecular weight excluding hydrogens is 378 g/mol. The fourth-order valence-corrected chi connectivity index (χ4v) is 4.34. The van der Waals surface area contributed by atoms with Gasteiger partial charge in [-0.25, -0.2) is 0 Å². The number of hydrogen-bond donors (Lipinski definition) is 2. The first-order valence-corrected chi connectivity index (χ1v) is 11.3. The van der Waals surface area contributed by atoms with Crippen LogP contribution in [0.25, 0.3) is 0 Å². The van der Waals surface area contributed by atoms with Crippen LogP contribution in [0.3, 0.4) is 0 Å². The average Bonchev–Trinajstić information content (AvgIpc) is 3.27. The molecule has 0 atom stereocenters. The van der Waals surface area contributed by atoms with Gasteiger partial charge in [0.05, 0.1) is 0 Å². The highest BCUT2D eigenvalue weighted by atomic mass is 32.1. The minimum atomic E-state index is 0.0801. The van der Waals surface area contributed by atoms with Crippen LogP contribution >= 0.6 is 11.3 Å². The van der Waals surface area contributed by atoms with E-state index in [4.69, 9.17) is 0 Å². The summed E-state index contributed by atoms with van der Waals surface area (Å²) in [6.07, 6.45) is 0. The standard InChI is InChI=1S/C23H35N5S/c1-23(2,21-6-5-15-29-21)18-26-22(24-3)25-16-19-7-9-20(10-8-19)17-28-13-11-27(4)12-14-28/h5-10,15H,11-14,16-18H2,1-4H3,(H2,24,25,26). The molecule has 1 aliphatic heterocycles. The lowest BCUT2D eigenvalue weighted by Crippen LogP contribution is -2.43. The fraction of sp³-hybridized carbons (Fsp3) is 0.522. The molecule has 3 rings (SSSR count). The number of benzene rings is 1. The minimum Gasteiger partial charge on any atom is -0.356 e. The predicted octanol–water partition coefficient (Wildman–Crippen LogP) is 3.14. The second kappa shape index (κ2) is 10.2. The Kier molecular flexibility index (Phi) is 7.70. The van der Waals surface area contributed by atoms with Crippen LogP contribution in [0.15, 0.2) is 46.8 Å². The van der Waals surface area contributed by atoms with Gasteiger partial charge in [-0.15, -0.1) is 11.3 Å². The number of nitrogens with zero attached hydrogens (tertiary/aromatic N) is 3. The van der Waals surface area contributed by atoms with Crippen molar-refractivity contribution in [3.05, 3.63) is 57.8 Å². The molecule has 29 heavy (non-hydrogen) atoms. The Hall–Kier alpha value is -1.89. The van der Waals surface area contributed by atoms with Gasteiger partial charge in [0.25, 0.3) is 0 Å². The van der Waals surface area contributed by atoms with Gasteiger partial charge in [0.15, 0.2) is 5.96 Å². The highest BCUT2D eigenvalue weighted by Crippen LogP contribution is 2.26. The summed E-state index contributed by atoms with van der Waals surface area (Å²) in [5.74, 6) is 0.844. The molecule has 2 heterocycles. The third kappa shape index (κ3) is 6.56. The summed E-state index contributed by atoms with van der Waals surface area (Å²) in [4.78, 5) is 10.7. The van der Waals surface area contributed by atoms with E-state index in [-0.39, 0.29) is 5.41 Å². The van der Waals surface area contributed by atoms with E-state index in [9.17, 15) is 0 Å². The number of nitrogens with one attached hydrogen (secondary N) is 2. The van der Waals surface area contributed by atoms with E-state index >= 15 is 0 Å². The summed E-state index contributed by atoms with van der Waals surface area (Å²) in [6.45, 7) is 11.8. The molecule has 158 valence electrons. The van der Waals surface area contributed by atoms with E-state index in [0.717, 1.165) is 51.8 Å². The minimum absolute atomic E-state index is 0.0801. The average molecular weight is 414 g/mol. The summed E-state index contributed by atoms with van der Waals surface area (Å²) in [6, 6.07) is 13.3. The lowest BCUT2D eigenvalue weighted by molar-refractivity contribution is 0.148. The molecule has 1 saturated heterocycles. The highest BCUT2D eigenvalue weighted by Gasteiger charge is 2.21. The predicted molar refractivity (Wildman–Crippen MR) is 125 cm³/mol. The fourth-order valence-electron chi connectivity index (χ4n) is 3.49. The molecule has 0 amide bonds. The lowest BCUT2D eigenvalue weighted by atomic mass is 9.91. The van der Waals surface area contributed by atoms with Gasteiger partial charge in [-0.2, -0.15) is 0 Å². The van der Waals surface area contributed by atoms with Crippen molar-refractivity contribution in [2.24, 2.45) is 4.99 Å². The van der Waals surface area contributed by atoms with E-state index in [1.54, 1.807) is 11.3 Å². The van der Waals surface area contributed by atoms with Gasteiger partial charge in [0.1, 0.15) is 0 Å². The smallest absolute Gasteiger partial charge is 0.191 e. The van der Waals surface area contributed by atoms with Crippen LogP contribution < -0.4 is 10.6 Å². The van der Waals surface area contributed by atoms with Crippen LogP contribution in [-0.2, 0) is 18.5 Å². The Morgan fingerprint density at radius 2 is 1.72 bits per heavy atom. The molecule has 0 unspecified atom stereocenters. The van der Waals surface area contributed by atoms with E-state index in [2.05, 4.69) is 88.1 Å². The number of guanidine groups is 1. The van der Waals surface area contributed by atoms with Crippen LogP contribution in [0, 0.1) is 0 Å². The number of hydrogen-bond acceptors (Lipinski definition) is 4. The van der Waals surface area contributed by atoms with Crippen LogP contribution in [-0.4, -0.2) is 62.6 Å². The molecule has 0 bridgehead atoms. The van der Waals surface area contributed by atoms with E-state index in [1.165, 1.54) is 16.0 Å². The summed E-state index contributed by atoms with van der Waals surface area (Å²) >= 11 is 1.81. The molecule has 1 aliphatic rings. The summed E-state index contributed by atoms with van der Waals surface area (Å²) in [7, 11) is 4.03. The van der Waals surface area contributed by atoms with Gasteiger partial charge in [-0.1, -0.05) is 44.2 Å². The molecule has 0 radical (unpaired) electrons. The first kappa shape index (κ1) is 21.8. The first-order chi connectivity index (χ1) is 14.0. The van der Waals surface area contributed by atoms with Crippen LogP contribution in [0.2, 0.25) is 0 Å². The molecule has 1 aromatic heterocycles. The zero-order valence-corrected chi connectivity index (χ0v) is 19.1.